The first-order chi connectivity index (χ1) is 15.9. The van der Waals surface area contributed by atoms with E-state index in [-0.39, 0.29) is 36.0 Å². The van der Waals surface area contributed by atoms with E-state index in [1.807, 2.05) is 0 Å². The molecule has 1 amide bonds. The van der Waals surface area contributed by atoms with E-state index in [4.69, 9.17) is 9.15 Å². The summed E-state index contributed by atoms with van der Waals surface area (Å²) < 4.78 is 74.9. The number of alkyl halides is 2. The molecule has 1 aromatic carbocycles. The lowest BCUT2D eigenvalue weighted by Gasteiger charge is -2.39. The Hall–Kier alpha value is -2.51. The van der Waals surface area contributed by atoms with Gasteiger partial charge in [-0.15, -0.1) is 10.2 Å². The molecular formula is C21H26F3N4O5S-. The van der Waals surface area contributed by atoms with E-state index in [1.54, 1.807) is 25.7 Å². The third-order valence-corrected chi connectivity index (χ3v) is 6.11. The number of hydrogen-bond donors (Lipinski definition) is 0. The van der Waals surface area contributed by atoms with Crippen LogP contribution in [0.1, 0.15) is 51.5 Å². The van der Waals surface area contributed by atoms with Gasteiger partial charge in [0.1, 0.15) is 11.4 Å². The number of benzene rings is 1. The fraction of sp³-hybridized carbons (Fsp3) is 0.571. The molecule has 0 N–H and O–H groups in total. The average Bonchev–Trinajstić information content (AvgIpc) is 3.24. The number of piperidine rings is 1. The maximum atomic E-state index is 14.6. The summed E-state index contributed by atoms with van der Waals surface area (Å²) >= 11 is -2.53. The molecule has 9 nitrogen and oxygen atoms in total. The molecule has 1 aromatic heterocycles. The van der Waals surface area contributed by atoms with Crippen LogP contribution in [-0.2, 0) is 22.4 Å². The lowest BCUT2D eigenvalue weighted by molar-refractivity contribution is 0.0177. The molecule has 1 aliphatic heterocycles. The maximum absolute atomic E-state index is 14.6. The van der Waals surface area contributed by atoms with Crippen LogP contribution in [0, 0.1) is 5.82 Å². The Morgan fingerprint density at radius 3 is 2.53 bits per heavy atom. The Balaban J connectivity index is 1.59. The van der Waals surface area contributed by atoms with Gasteiger partial charge in [-0.3, -0.25) is 4.21 Å². The molecule has 188 valence electrons. The van der Waals surface area contributed by atoms with E-state index in [0.29, 0.717) is 25.9 Å². The van der Waals surface area contributed by atoms with Crippen molar-refractivity contribution in [2.24, 2.45) is 0 Å². The number of likely N-dealkylation sites (tertiary alicyclic amines) is 1. The highest BCUT2D eigenvalue weighted by Crippen LogP contribution is 2.26. The monoisotopic (exact) mass is 503 g/mol. The maximum Gasteiger partial charge on any atom is 0.410 e. The van der Waals surface area contributed by atoms with Crippen LogP contribution in [0.15, 0.2) is 22.6 Å². The number of nitrogens with zero attached hydrogens (tertiary/aromatic N) is 4. The summed E-state index contributed by atoms with van der Waals surface area (Å²) in [5.41, 5.74) is -0.233. The summed E-state index contributed by atoms with van der Waals surface area (Å²) in [6.45, 7) is 6.05. The van der Waals surface area contributed by atoms with Gasteiger partial charge in [-0.25, -0.2) is 13.5 Å². The topological polar surface area (TPSA) is 112 Å². The van der Waals surface area contributed by atoms with Crippen molar-refractivity contribution in [1.29, 1.82) is 0 Å². The number of carbonyl (C=O) groups is 1. The van der Waals surface area contributed by atoms with Crippen molar-refractivity contribution in [2.45, 2.75) is 58.1 Å². The van der Waals surface area contributed by atoms with Gasteiger partial charge in [-0.05, 0) is 57.7 Å². The van der Waals surface area contributed by atoms with Gasteiger partial charge in [0.15, 0.2) is 0 Å². The van der Waals surface area contributed by atoms with Crippen LogP contribution in [0.2, 0.25) is 0 Å². The van der Waals surface area contributed by atoms with Crippen LogP contribution in [0.5, 0.6) is 0 Å². The lowest BCUT2D eigenvalue weighted by Crippen LogP contribution is -2.48. The van der Waals surface area contributed by atoms with Gasteiger partial charge >= 0.3 is 12.5 Å². The SMILES string of the molecule is CC(C)(C)OC(=O)N1CCC(N(CCc2ccc(-c3nnc(C(F)F)o3)cc2F)S(=O)[O-])CC1. The predicted octanol–water partition coefficient (Wildman–Crippen LogP) is 3.85. The van der Waals surface area contributed by atoms with E-state index >= 15 is 0 Å². The predicted molar refractivity (Wildman–Crippen MR) is 115 cm³/mol. The van der Waals surface area contributed by atoms with Gasteiger partial charge in [0.25, 0.3) is 5.89 Å². The lowest BCUT2D eigenvalue weighted by atomic mass is 10.0. The zero-order chi connectivity index (χ0) is 25.0. The van der Waals surface area contributed by atoms with Crippen molar-refractivity contribution in [3.8, 4) is 11.5 Å². The van der Waals surface area contributed by atoms with Crippen LogP contribution in [0.25, 0.3) is 11.5 Å². The molecule has 1 unspecified atom stereocenters. The molecule has 34 heavy (non-hydrogen) atoms. The second-order valence-corrected chi connectivity index (χ2v) is 9.76. The van der Waals surface area contributed by atoms with Gasteiger partial charge < -0.3 is 18.6 Å². The van der Waals surface area contributed by atoms with Gasteiger partial charge in [0.05, 0.1) is 0 Å². The van der Waals surface area contributed by atoms with Crippen LogP contribution in [0.4, 0.5) is 18.0 Å². The molecule has 1 saturated heterocycles. The van der Waals surface area contributed by atoms with Crippen molar-refractivity contribution in [2.75, 3.05) is 19.6 Å². The highest BCUT2D eigenvalue weighted by atomic mass is 32.2. The number of hydrogen-bond acceptors (Lipinski definition) is 7. The summed E-state index contributed by atoms with van der Waals surface area (Å²) in [6, 6.07) is 3.62. The van der Waals surface area contributed by atoms with Gasteiger partial charge in [-0.2, -0.15) is 8.78 Å². The smallest absolute Gasteiger partial charge is 0.410 e. The summed E-state index contributed by atoms with van der Waals surface area (Å²) in [6.07, 6.45) is -2.42. The molecule has 0 aliphatic carbocycles. The minimum atomic E-state index is -2.93. The first-order valence-electron chi connectivity index (χ1n) is 10.7. The number of aromatic nitrogens is 2. The fourth-order valence-corrected chi connectivity index (χ4v) is 4.29. The molecule has 0 spiro atoms. The van der Waals surface area contributed by atoms with Crippen molar-refractivity contribution < 1.29 is 35.9 Å². The van der Waals surface area contributed by atoms with E-state index < -0.39 is 41.1 Å². The Kier molecular flexibility index (Phi) is 8.31. The average molecular weight is 504 g/mol. The molecule has 0 bridgehead atoms. The third kappa shape index (κ3) is 6.76. The van der Waals surface area contributed by atoms with Crippen molar-refractivity contribution in [1.82, 2.24) is 19.4 Å². The molecule has 1 atom stereocenters. The molecule has 13 heteroatoms. The van der Waals surface area contributed by atoms with Crippen molar-refractivity contribution in [3.05, 3.63) is 35.5 Å². The summed E-state index contributed by atoms with van der Waals surface area (Å²) in [4.78, 5) is 13.8. The summed E-state index contributed by atoms with van der Waals surface area (Å²) in [7, 11) is 0. The molecule has 1 aliphatic rings. The van der Waals surface area contributed by atoms with E-state index in [0.717, 1.165) is 6.07 Å². The van der Waals surface area contributed by atoms with Gasteiger partial charge in [-0.1, -0.05) is 6.07 Å². The summed E-state index contributed by atoms with van der Waals surface area (Å²) in [5.74, 6) is -1.74. The molecule has 3 rings (SSSR count). The Labute approximate surface area is 197 Å². The molecule has 0 radical (unpaired) electrons. The van der Waals surface area contributed by atoms with Gasteiger partial charge in [0.2, 0.25) is 5.89 Å². The first kappa shape index (κ1) is 26.1. The second kappa shape index (κ2) is 10.8. The third-order valence-electron chi connectivity index (χ3n) is 5.24. The van der Waals surface area contributed by atoms with Gasteiger partial charge in [0, 0.05) is 42.5 Å². The van der Waals surface area contributed by atoms with E-state index in [1.165, 1.54) is 16.4 Å². The molecular weight excluding hydrogens is 477 g/mol. The molecule has 1 fully saturated rings. The number of amides is 1. The Morgan fingerprint density at radius 1 is 1.32 bits per heavy atom. The van der Waals surface area contributed by atoms with Crippen LogP contribution in [-0.4, -0.2) is 65.5 Å². The normalized spacial score (nSPS) is 16.3. The van der Waals surface area contributed by atoms with Crippen molar-refractivity contribution in [3.63, 3.8) is 0 Å². The quantitative estimate of drug-likeness (QED) is 0.528. The molecule has 2 heterocycles. The molecule has 0 saturated carbocycles. The number of halogens is 3. The zero-order valence-electron chi connectivity index (χ0n) is 19.0. The minimum Gasteiger partial charge on any atom is -0.760 e. The van der Waals surface area contributed by atoms with Crippen LogP contribution in [0.3, 0.4) is 0 Å². The van der Waals surface area contributed by atoms with E-state index in [2.05, 4.69) is 10.2 Å². The summed E-state index contributed by atoms with van der Waals surface area (Å²) in [5, 5.41) is 6.70. The first-order valence-corrected chi connectivity index (χ1v) is 11.7. The van der Waals surface area contributed by atoms with Crippen LogP contribution >= 0.6 is 0 Å². The largest absolute Gasteiger partial charge is 0.760 e. The number of ether oxygens (including phenoxy) is 1. The second-order valence-electron chi connectivity index (χ2n) is 8.86. The van der Waals surface area contributed by atoms with Crippen molar-refractivity contribution >= 4 is 17.4 Å². The number of carbonyl (C=O) groups excluding carboxylic acids is 1. The van der Waals surface area contributed by atoms with E-state index in [9.17, 15) is 26.7 Å². The fourth-order valence-electron chi connectivity index (χ4n) is 3.59. The Morgan fingerprint density at radius 2 is 2.00 bits per heavy atom. The number of rotatable bonds is 7. The highest BCUT2D eigenvalue weighted by molar-refractivity contribution is 7.76. The zero-order valence-corrected chi connectivity index (χ0v) is 19.8. The van der Waals surface area contributed by atoms with Crippen LogP contribution < -0.4 is 0 Å². The molecule has 2 aromatic rings. The Bertz CT molecular complexity index is 1020. The highest BCUT2D eigenvalue weighted by Gasteiger charge is 2.30. The standard InChI is InChI=1S/C21H27F3N4O5S/c1-21(2,3)33-20(29)27-9-7-15(8-10-27)28(34(30)31)11-6-13-4-5-14(12-16(13)22)18-25-26-19(32-18)17(23)24/h4-5,12,15,17H,6-11H2,1-3H3,(H,30,31)/p-1. The minimum absolute atomic E-state index is 0.0412.